The van der Waals surface area contributed by atoms with E-state index in [0.717, 1.165) is 31.1 Å². The maximum atomic E-state index is 10.6. The Morgan fingerprint density at radius 3 is 2.40 bits per heavy atom. The van der Waals surface area contributed by atoms with E-state index in [-0.39, 0.29) is 6.42 Å². The van der Waals surface area contributed by atoms with Crippen LogP contribution >= 0.6 is 11.6 Å². The third kappa shape index (κ3) is 7.51. The highest BCUT2D eigenvalue weighted by Crippen LogP contribution is 2.12. The highest BCUT2D eigenvalue weighted by Gasteiger charge is 2.07. The van der Waals surface area contributed by atoms with Crippen molar-refractivity contribution in [3.8, 4) is 0 Å². The number of carboxylic acids is 1. The van der Waals surface area contributed by atoms with Crippen molar-refractivity contribution in [2.45, 2.75) is 45.6 Å². The molecular formula is C16H24ClNO2. The van der Waals surface area contributed by atoms with Gasteiger partial charge in [0.05, 0.1) is 0 Å². The first-order valence-electron chi connectivity index (χ1n) is 7.30. The molecule has 1 N–H and O–H groups in total. The number of nitrogens with zero attached hydrogens (tertiary/aromatic N) is 1. The molecule has 0 aromatic heterocycles. The number of hydrogen-bond donors (Lipinski definition) is 1. The summed E-state index contributed by atoms with van der Waals surface area (Å²) >= 11 is 5.89. The zero-order valence-corrected chi connectivity index (χ0v) is 12.9. The molecular weight excluding hydrogens is 274 g/mol. The van der Waals surface area contributed by atoms with Gasteiger partial charge in [-0.15, -0.1) is 0 Å². The van der Waals surface area contributed by atoms with Gasteiger partial charge >= 0.3 is 5.97 Å². The lowest BCUT2D eigenvalue weighted by atomic mass is 10.1. The first-order chi connectivity index (χ1) is 9.61. The van der Waals surface area contributed by atoms with Crippen LogP contribution in [0, 0.1) is 0 Å². The van der Waals surface area contributed by atoms with Gasteiger partial charge in [-0.3, -0.25) is 9.69 Å². The number of aliphatic carboxylic acids is 1. The number of halogens is 1. The molecule has 0 heterocycles. The van der Waals surface area contributed by atoms with Crippen LogP contribution in [0.15, 0.2) is 24.3 Å². The maximum absolute atomic E-state index is 10.6. The van der Waals surface area contributed by atoms with Crippen molar-refractivity contribution in [1.82, 2.24) is 4.90 Å². The summed E-state index contributed by atoms with van der Waals surface area (Å²) in [6.07, 6.45) is 4.52. The molecule has 0 aliphatic heterocycles. The lowest BCUT2D eigenvalue weighted by Crippen LogP contribution is -2.26. The second-order valence-corrected chi connectivity index (χ2v) is 5.54. The van der Waals surface area contributed by atoms with Crippen molar-refractivity contribution in [2.75, 3.05) is 13.1 Å². The molecule has 0 bridgehead atoms. The van der Waals surface area contributed by atoms with Crippen molar-refractivity contribution in [3.05, 3.63) is 34.9 Å². The van der Waals surface area contributed by atoms with Crippen LogP contribution in [0.3, 0.4) is 0 Å². The van der Waals surface area contributed by atoms with Gasteiger partial charge in [-0.05, 0) is 43.6 Å². The van der Waals surface area contributed by atoms with Crippen LogP contribution in [0.5, 0.6) is 0 Å². The molecule has 3 nitrogen and oxygen atoms in total. The van der Waals surface area contributed by atoms with E-state index in [1.165, 1.54) is 18.4 Å². The number of hydrogen-bond acceptors (Lipinski definition) is 2. The molecule has 1 rings (SSSR count). The molecule has 20 heavy (non-hydrogen) atoms. The normalized spacial score (nSPS) is 10.9. The van der Waals surface area contributed by atoms with Gasteiger partial charge in [-0.25, -0.2) is 0 Å². The second kappa shape index (κ2) is 9.78. The molecule has 4 heteroatoms. The summed E-state index contributed by atoms with van der Waals surface area (Å²) in [6.45, 7) is 4.91. The van der Waals surface area contributed by atoms with Gasteiger partial charge in [0, 0.05) is 18.0 Å². The summed E-state index contributed by atoms with van der Waals surface area (Å²) in [5, 5.41) is 9.47. The molecule has 112 valence electrons. The molecule has 0 aliphatic rings. The summed E-state index contributed by atoms with van der Waals surface area (Å²) in [6, 6.07) is 7.87. The van der Waals surface area contributed by atoms with Gasteiger partial charge in [-0.1, -0.05) is 43.5 Å². The number of unbranched alkanes of at least 4 members (excludes halogenated alkanes) is 2. The first kappa shape index (κ1) is 17.0. The Morgan fingerprint density at radius 2 is 1.80 bits per heavy atom. The van der Waals surface area contributed by atoms with Gasteiger partial charge in [0.25, 0.3) is 0 Å². The average Bonchev–Trinajstić information content (AvgIpc) is 2.41. The number of carboxylic acid groups (broad SMARTS) is 1. The Balaban J connectivity index is 2.47. The Kier molecular flexibility index (Phi) is 8.31. The number of benzene rings is 1. The van der Waals surface area contributed by atoms with E-state index in [0.29, 0.717) is 6.42 Å². The lowest BCUT2D eigenvalue weighted by Gasteiger charge is -2.22. The smallest absolute Gasteiger partial charge is 0.303 e. The minimum absolute atomic E-state index is 0.241. The van der Waals surface area contributed by atoms with Crippen molar-refractivity contribution < 1.29 is 9.90 Å². The molecule has 0 saturated heterocycles. The maximum Gasteiger partial charge on any atom is 0.303 e. The van der Waals surface area contributed by atoms with Gasteiger partial charge in [0.15, 0.2) is 0 Å². The van der Waals surface area contributed by atoms with Gasteiger partial charge < -0.3 is 5.11 Å². The lowest BCUT2D eigenvalue weighted by molar-refractivity contribution is -0.137. The minimum Gasteiger partial charge on any atom is -0.481 e. The van der Waals surface area contributed by atoms with Gasteiger partial charge in [0.2, 0.25) is 0 Å². The molecule has 0 unspecified atom stereocenters. The predicted molar refractivity (Wildman–Crippen MR) is 83.1 cm³/mol. The monoisotopic (exact) mass is 297 g/mol. The largest absolute Gasteiger partial charge is 0.481 e. The van der Waals surface area contributed by atoms with Crippen LogP contribution in [0.4, 0.5) is 0 Å². The molecule has 0 atom stereocenters. The van der Waals surface area contributed by atoms with E-state index in [9.17, 15) is 4.79 Å². The van der Waals surface area contributed by atoms with Crippen molar-refractivity contribution in [1.29, 1.82) is 0 Å². The zero-order chi connectivity index (χ0) is 14.8. The van der Waals surface area contributed by atoms with Crippen molar-refractivity contribution >= 4 is 17.6 Å². The topological polar surface area (TPSA) is 40.5 Å². The molecule has 0 spiro atoms. The molecule has 1 aromatic carbocycles. The van der Waals surface area contributed by atoms with Crippen LogP contribution in [-0.4, -0.2) is 29.1 Å². The average molecular weight is 298 g/mol. The molecule has 0 fully saturated rings. The van der Waals surface area contributed by atoms with E-state index in [2.05, 4.69) is 11.8 Å². The van der Waals surface area contributed by atoms with Crippen LogP contribution < -0.4 is 0 Å². The second-order valence-electron chi connectivity index (χ2n) is 5.11. The quantitative estimate of drug-likeness (QED) is 0.658. The summed E-state index contributed by atoms with van der Waals surface area (Å²) in [4.78, 5) is 12.9. The fourth-order valence-corrected chi connectivity index (χ4v) is 2.28. The summed E-state index contributed by atoms with van der Waals surface area (Å²) in [5.74, 6) is -0.718. The SMILES string of the molecule is CCCCCN(CCCC(=O)O)Cc1ccc(Cl)cc1. The first-order valence-corrected chi connectivity index (χ1v) is 7.68. The van der Waals surface area contributed by atoms with E-state index in [1.54, 1.807) is 0 Å². The summed E-state index contributed by atoms with van der Waals surface area (Å²) < 4.78 is 0. The fourth-order valence-electron chi connectivity index (χ4n) is 2.16. The standard InChI is InChI=1S/C16H24ClNO2/c1-2-3-4-11-18(12-5-6-16(19)20)13-14-7-9-15(17)10-8-14/h7-10H,2-6,11-13H2,1H3,(H,19,20). The molecule has 0 saturated carbocycles. The number of rotatable bonds is 10. The summed E-state index contributed by atoms with van der Waals surface area (Å²) in [7, 11) is 0. The Morgan fingerprint density at radius 1 is 1.15 bits per heavy atom. The van der Waals surface area contributed by atoms with E-state index >= 15 is 0 Å². The van der Waals surface area contributed by atoms with Gasteiger partial charge in [-0.2, -0.15) is 0 Å². The Hall–Kier alpha value is -1.06. The third-order valence-electron chi connectivity index (χ3n) is 3.26. The molecule has 1 aromatic rings. The predicted octanol–water partition coefficient (Wildman–Crippen LogP) is 4.20. The molecule has 0 amide bonds. The Bertz CT molecular complexity index is 392. The molecule has 0 radical (unpaired) electrons. The van der Waals surface area contributed by atoms with Crippen LogP contribution in [-0.2, 0) is 11.3 Å². The molecule has 0 aliphatic carbocycles. The van der Waals surface area contributed by atoms with Crippen LogP contribution in [0.25, 0.3) is 0 Å². The summed E-state index contributed by atoms with van der Waals surface area (Å²) in [5.41, 5.74) is 1.22. The van der Waals surface area contributed by atoms with E-state index in [1.807, 2.05) is 24.3 Å². The van der Waals surface area contributed by atoms with Gasteiger partial charge in [0.1, 0.15) is 0 Å². The third-order valence-corrected chi connectivity index (χ3v) is 3.51. The van der Waals surface area contributed by atoms with Crippen molar-refractivity contribution in [3.63, 3.8) is 0 Å². The van der Waals surface area contributed by atoms with Crippen LogP contribution in [0.1, 0.15) is 44.6 Å². The van der Waals surface area contributed by atoms with Crippen molar-refractivity contribution in [2.24, 2.45) is 0 Å². The van der Waals surface area contributed by atoms with Crippen LogP contribution in [0.2, 0.25) is 5.02 Å². The van der Waals surface area contributed by atoms with E-state index in [4.69, 9.17) is 16.7 Å². The Labute approximate surface area is 126 Å². The van der Waals surface area contributed by atoms with E-state index < -0.39 is 5.97 Å². The number of carbonyl (C=O) groups is 1. The minimum atomic E-state index is -0.718. The fraction of sp³-hybridized carbons (Fsp3) is 0.562. The highest BCUT2D eigenvalue weighted by atomic mass is 35.5. The zero-order valence-electron chi connectivity index (χ0n) is 12.1. The highest BCUT2D eigenvalue weighted by molar-refractivity contribution is 6.30.